The molecule has 0 radical (unpaired) electrons. The Hall–Kier alpha value is -1.51. The maximum absolute atomic E-state index is 12.7. The van der Waals surface area contributed by atoms with Gasteiger partial charge in [0.2, 0.25) is 10.0 Å². The Morgan fingerprint density at radius 3 is 2.38 bits per heavy atom. The number of non-ortho nitro benzene ring substituents is 1. The molecule has 0 amide bonds. The molecule has 2 rings (SSSR count). The Balaban J connectivity index is 2.47. The number of nitro benzene ring substituents is 1. The van der Waals surface area contributed by atoms with Crippen LogP contribution in [0.1, 0.15) is 24.0 Å². The highest BCUT2D eigenvalue weighted by atomic mass is 32.2. The maximum Gasteiger partial charge on any atom is 0.271 e. The second-order valence-corrected chi connectivity index (χ2v) is 7.18. The van der Waals surface area contributed by atoms with Gasteiger partial charge in [0.25, 0.3) is 5.69 Å². The molecule has 0 atom stereocenters. The van der Waals surface area contributed by atoms with Crippen molar-refractivity contribution in [1.29, 1.82) is 0 Å². The van der Waals surface area contributed by atoms with Crippen LogP contribution < -0.4 is 0 Å². The first-order chi connectivity index (χ1) is 9.73. The quantitative estimate of drug-likeness (QED) is 0.670. The number of aliphatic hydroxyl groups is 1. The third-order valence-corrected chi connectivity index (χ3v) is 5.88. The van der Waals surface area contributed by atoms with Crippen molar-refractivity contribution in [2.75, 3.05) is 13.1 Å². The molecule has 0 aromatic heterocycles. The largest absolute Gasteiger partial charge is 0.393 e. The molecule has 116 valence electrons. The molecule has 0 unspecified atom stereocenters. The lowest BCUT2D eigenvalue weighted by molar-refractivity contribution is -0.385. The van der Waals surface area contributed by atoms with Crippen LogP contribution in [0.3, 0.4) is 0 Å². The van der Waals surface area contributed by atoms with Crippen LogP contribution in [0.5, 0.6) is 0 Å². The Morgan fingerprint density at radius 2 is 1.86 bits per heavy atom. The summed E-state index contributed by atoms with van der Waals surface area (Å²) in [6.07, 6.45) is 0.280. The molecule has 8 heteroatoms. The fraction of sp³-hybridized carbons (Fsp3) is 0.538. The molecular formula is C13H18N2O5S. The molecule has 1 aliphatic heterocycles. The monoisotopic (exact) mass is 314 g/mol. The van der Waals surface area contributed by atoms with Crippen molar-refractivity contribution >= 4 is 15.7 Å². The Bertz CT molecular complexity index is 663. The van der Waals surface area contributed by atoms with Crippen LogP contribution in [0, 0.1) is 24.0 Å². The van der Waals surface area contributed by atoms with E-state index < -0.39 is 21.1 Å². The van der Waals surface area contributed by atoms with Gasteiger partial charge in [-0.2, -0.15) is 4.31 Å². The standard InChI is InChI=1S/C13H18N2O5S/c1-9-7-11(15(17)18)8-13(10(9)2)21(19,20)14-5-3-12(16)4-6-14/h7-8,12,16H,3-6H2,1-2H3. The van der Waals surface area contributed by atoms with E-state index in [2.05, 4.69) is 0 Å². The highest BCUT2D eigenvalue weighted by Gasteiger charge is 2.31. The second-order valence-electron chi connectivity index (χ2n) is 5.28. The Labute approximate surface area is 123 Å². The van der Waals surface area contributed by atoms with Crippen LogP contribution in [-0.2, 0) is 10.0 Å². The number of benzene rings is 1. The topological polar surface area (TPSA) is 101 Å². The Kier molecular flexibility index (Phi) is 4.31. The van der Waals surface area contributed by atoms with Crippen molar-refractivity contribution in [3.05, 3.63) is 33.4 Å². The van der Waals surface area contributed by atoms with Gasteiger partial charge in [-0.3, -0.25) is 10.1 Å². The van der Waals surface area contributed by atoms with E-state index in [0.29, 0.717) is 24.0 Å². The summed E-state index contributed by atoms with van der Waals surface area (Å²) in [6, 6.07) is 2.48. The van der Waals surface area contributed by atoms with Crippen LogP contribution in [0.25, 0.3) is 0 Å². The predicted molar refractivity (Wildman–Crippen MR) is 76.6 cm³/mol. The summed E-state index contributed by atoms with van der Waals surface area (Å²) >= 11 is 0. The fourth-order valence-corrected chi connectivity index (χ4v) is 4.19. The average Bonchev–Trinajstić information content (AvgIpc) is 2.41. The van der Waals surface area contributed by atoms with Crippen LogP contribution >= 0.6 is 0 Å². The first kappa shape index (κ1) is 15.9. The van der Waals surface area contributed by atoms with Gasteiger partial charge >= 0.3 is 0 Å². The zero-order valence-corrected chi connectivity index (χ0v) is 12.8. The van der Waals surface area contributed by atoms with Gasteiger partial charge in [-0.05, 0) is 37.8 Å². The molecule has 1 fully saturated rings. The van der Waals surface area contributed by atoms with E-state index in [1.54, 1.807) is 13.8 Å². The second kappa shape index (κ2) is 5.70. The van der Waals surface area contributed by atoms with Crippen molar-refractivity contribution in [2.24, 2.45) is 0 Å². The van der Waals surface area contributed by atoms with Crippen molar-refractivity contribution in [3.8, 4) is 0 Å². The number of hydrogen-bond acceptors (Lipinski definition) is 5. The van der Waals surface area contributed by atoms with E-state index >= 15 is 0 Å². The van der Waals surface area contributed by atoms with Gasteiger partial charge in [0, 0.05) is 25.2 Å². The molecule has 1 N–H and O–H groups in total. The number of rotatable bonds is 3. The molecule has 0 saturated carbocycles. The van der Waals surface area contributed by atoms with Gasteiger partial charge in [-0.25, -0.2) is 8.42 Å². The normalized spacial score (nSPS) is 17.9. The predicted octanol–water partition coefficient (Wildman–Crippen LogP) is 1.36. The number of aliphatic hydroxyl groups excluding tert-OH is 1. The number of sulfonamides is 1. The number of aryl methyl sites for hydroxylation is 1. The molecular weight excluding hydrogens is 296 g/mol. The number of piperidine rings is 1. The van der Waals surface area contributed by atoms with Crippen molar-refractivity contribution < 1.29 is 18.4 Å². The van der Waals surface area contributed by atoms with E-state index in [4.69, 9.17) is 0 Å². The van der Waals surface area contributed by atoms with Crippen molar-refractivity contribution in [3.63, 3.8) is 0 Å². The van der Waals surface area contributed by atoms with E-state index in [-0.39, 0.29) is 23.7 Å². The third-order valence-electron chi connectivity index (χ3n) is 3.86. The highest BCUT2D eigenvalue weighted by Crippen LogP contribution is 2.29. The fourth-order valence-electron chi connectivity index (χ4n) is 2.40. The van der Waals surface area contributed by atoms with E-state index in [0.717, 1.165) is 6.07 Å². The Morgan fingerprint density at radius 1 is 1.29 bits per heavy atom. The van der Waals surface area contributed by atoms with Gasteiger partial charge in [-0.15, -0.1) is 0 Å². The SMILES string of the molecule is Cc1cc([N+](=O)[O-])cc(S(=O)(=O)N2CCC(O)CC2)c1C. The minimum Gasteiger partial charge on any atom is -0.393 e. The summed E-state index contributed by atoms with van der Waals surface area (Å²) in [5.41, 5.74) is 0.861. The summed E-state index contributed by atoms with van der Waals surface area (Å²) in [6.45, 7) is 3.75. The van der Waals surface area contributed by atoms with Crippen molar-refractivity contribution in [2.45, 2.75) is 37.7 Å². The number of nitro groups is 1. The first-order valence-electron chi connectivity index (χ1n) is 6.67. The van der Waals surface area contributed by atoms with Crippen molar-refractivity contribution in [1.82, 2.24) is 4.31 Å². The molecule has 1 aliphatic rings. The molecule has 7 nitrogen and oxygen atoms in total. The van der Waals surface area contributed by atoms with Crippen LogP contribution in [0.15, 0.2) is 17.0 Å². The van der Waals surface area contributed by atoms with E-state index in [9.17, 15) is 23.6 Å². The van der Waals surface area contributed by atoms with Gasteiger partial charge < -0.3 is 5.11 Å². The van der Waals surface area contributed by atoms with Gasteiger partial charge in [0.15, 0.2) is 0 Å². The van der Waals surface area contributed by atoms with Crippen LogP contribution in [-0.4, -0.2) is 41.9 Å². The van der Waals surface area contributed by atoms with Gasteiger partial charge in [0.1, 0.15) is 0 Å². The molecule has 21 heavy (non-hydrogen) atoms. The zero-order chi connectivity index (χ0) is 15.8. The first-order valence-corrected chi connectivity index (χ1v) is 8.11. The van der Waals surface area contributed by atoms with Crippen LogP contribution in [0.2, 0.25) is 0 Å². The van der Waals surface area contributed by atoms with Gasteiger partial charge in [-0.1, -0.05) is 0 Å². The minimum atomic E-state index is -3.78. The number of hydrogen-bond donors (Lipinski definition) is 1. The summed E-state index contributed by atoms with van der Waals surface area (Å²) in [5.74, 6) is 0. The number of nitrogens with zero attached hydrogens (tertiary/aromatic N) is 2. The maximum atomic E-state index is 12.7. The molecule has 1 heterocycles. The lowest BCUT2D eigenvalue weighted by Crippen LogP contribution is -2.40. The molecule has 0 bridgehead atoms. The highest BCUT2D eigenvalue weighted by molar-refractivity contribution is 7.89. The lowest BCUT2D eigenvalue weighted by atomic mass is 10.1. The minimum absolute atomic E-state index is 0.0226. The zero-order valence-electron chi connectivity index (χ0n) is 11.9. The molecule has 0 spiro atoms. The summed E-state index contributed by atoms with van der Waals surface area (Å²) in [5, 5.41) is 20.4. The van der Waals surface area contributed by atoms with Crippen LogP contribution in [0.4, 0.5) is 5.69 Å². The lowest BCUT2D eigenvalue weighted by Gasteiger charge is -2.29. The summed E-state index contributed by atoms with van der Waals surface area (Å²) in [7, 11) is -3.78. The van der Waals surface area contributed by atoms with E-state index in [1.807, 2.05) is 0 Å². The summed E-state index contributed by atoms with van der Waals surface area (Å²) in [4.78, 5) is 10.3. The summed E-state index contributed by atoms with van der Waals surface area (Å²) < 4.78 is 26.6. The molecule has 1 aromatic carbocycles. The molecule has 0 aliphatic carbocycles. The van der Waals surface area contributed by atoms with Gasteiger partial charge in [0.05, 0.1) is 15.9 Å². The average molecular weight is 314 g/mol. The molecule has 1 aromatic rings. The third kappa shape index (κ3) is 3.07. The molecule has 1 saturated heterocycles. The smallest absolute Gasteiger partial charge is 0.271 e. The van der Waals surface area contributed by atoms with E-state index in [1.165, 1.54) is 10.4 Å².